The van der Waals surface area contributed by atoms with E-state index in [9.17, 15) is 9.90 Å². The highest BCUT2D eigenvalue weighted by Gasteiger charge is 2.05. The molecule has 0 fully saturated rings. The average molecular weight is 270 g/mol. The first-order valence-electron chi connectivity index (χ1n) is 6.44. The largest absolute Gasteiger partial charge is 0.506 e. The van der Waals surface area contributed by atoms with Gasteiger partial charge in [0.1, 0.15) is 5.75 Å². The topological polar surface area (TPSA) is 61.4 Å². The molecule has 0 aliphatic rings. The first-order valence-corrected chi connectivity index (χ1v) is 6.44. The van der Waals surface area contributed by atoms with E-state index in [-0.39, 0.29) is 11.8 Å². The van der Waals surface area contributed by atoms with Crippen molar-refractivity contribution < 1.29 is 9.90 Å². The number of phenols is 1. The molecule has 4 heteroatoms. The van der Waals surface area contributed by atoms with Crippen molar-refractivity contribution in [2.24, 2.45) is 0 Å². The third-order valence-electron chi connectivity index (χ3n) is 2.98. The number of benzene rings is 2. The number of hydrogen-bond donors (Lipinski definition) is 3. The molecule has 0 aliphatic heterocycles. The zero-order valence-electron chi connectivity index (χ0n) is 11.6. The van der Waals surface area contributed by atoms with Gasteiger partial charge in [0, 0.05) is 6.54 Å². The lowest BCUT2D eigenvalue weighted by Crippen LogP contribution is -2.28. The van der Waals surface area contributed by atoms with E-state index in [4.69, 9.17) is 0 Å². The summed E-state index contributed by atoms with van der Waals surface area (Å²) in [5.74, 6) is 0.0653. The first-order chi connectivity index (χ1) is 9.54. The monoisotopic (exact) mass is 270 g/mol. The number of anilines is 1. The molecule has 0 heterocycles. The number of aryl methyl sites for hydroxylation is 2. The maximum atomic E-state index is 11.8. The van der Waals surface area contributed by atoms with Crippen molar-refractivity contribution >= 4 is 11.7 Å². The molecule has 0 bridgehead atoms. The van der Waals surface area contributed by atoms with Crippen LogP contribution in [0, 0.1) is 13.8 Å². The predicted molar refractivity (Wildman–Crippen MR) is 79.9 cm³/mol. The molecule has 4 nitrogen and oxygen atoms in total. The number of carbonyl (C=O) groups is 1. The molecule has 0 aliphatic carbocycles. The average Bonchev–Trinajstić information content (AvgIpc) is 2.41. The van der Waals surface area contributed by atoms with Gasteiger partial charge in [0.15, 0.2) is 0 Å². The van der Waals surface area contributed by atoms with Crippen LogP contribution in [0.4, 0.5) is 10.5 Å². The summed E-state index contributed by atoms with van der Waals surface area (Å²) in [5.41, 5.74) is 3.55. The van der Waals surface area contributed by atoms with Crippen LogP contribution in [0.1, 0.15) is 16.7 Å². The Morgan fingerprint density at radius 2 is 1.70 bits per heavy atom. The van der Waals surface area contributed by atoms with Gasteiger partial charge in [-0.15, -0.1) is 0 Å². The van der Waals surface area contributed by atoms with Crippen LogP contribution in [-0.2, 0) is 6.54 Å². The first kappa shape index (κ1) is 13.9. The fourth-order valence-electron chi connectivity index (χ4n) is 1.80. The van der Waals surface area contributed by atoms with Crippen LogP contribution in [0.5, 0.6) is 5.75 Å². The Balaban J connectivity index is 1.90. The van der Waals surface area contributed by atoms with Gasteiger partial charge < -0.3 is 15.7 Å². The minimum Gasteiger partial charge on any atom is -0.506 e. The second-order valence-corrected chi connectivity index (χ2v) is 4.81. The summed E-state index contributed by atoms with van der Waals surface area (Å²) in [6.45, 7) is 4.34. The van der Waals surface area contributed by atoms with Crippen molar-refractivity contribution in [2.45, 2.75) is 20.4 Å². The number of phenolic OH excluding ortho intramolecular Hbond substituents is 1. The van der Waals surface area contributed by atoms with Crippen molar-refractivity contribution in [2.75, 3.05) is 5.32 Å². The van der Waals surface area contributed by atoms with Crippen molar-refractivity contribution in [3.8, 4) is 5.75 Å². The van der Waals surface area contributed by atoms with E-state index in [0.717, 1.165) is 11.1 Å². The number of hydrogen-bond acceptors (Lipinski definition) is 2. The van der Waals surface area contributed by atoms with Gasteiger partial charge in [-0.25, -0.2) is 4.79 Å². The summed E-state index contributed by atoms with van der Waals surface area (Å²) in [7, 11) is 0. The lowest BCUT2D eigenvalue weighted by Gasteiger charge is -2.09. The van der Waals surface area contributed by atoms with Crippen LogP contribution in [0.15, 0.2) is 42.5 Å². The highest BCUT2D eigenvalue weighted by Crippen LogP contribution is 2.23. The van der Waals surface area contributed by atoms with E-state index in [1.165, 1.54) is 5.56 Å². The van der Waals surface area contributed by atoms with Gasteiger partial charge in [-0.3, -0.25) is 0 Å². The van der Waals surface area contributed by atoms with Gasteiger partial charge in [0.2, 0.25) is 0 Å². The zero-order chi connectivity index (χ0) is 14.5. The van der Waals surface area contributed by atoms with Crippen LogP contribution >= 0.6 is 0 Å². The van der Waals surface area contributed by atoms with Gasteiger partial charge in [-0.1, -0.05) is 35.9 Å². The van der Waals surface area contributed by atoms with Crippen molar-refractivity contribution in [1.82, 2.24) is 5.32 Å². The molecule has 20 heavy (non-hydrogen) atoms. The molecular formula is C16H18N2O2. The SMILES string of the molecule is Cc1ccc(CNC(=O)Nc2ccc(C)cc2O)cc1. The van der Waals surface area contributed by atoms with Crippen molar-refractivity contribution in [1.29, 1.82) is 0 Å². The molecule has 0 saturated heterocycles. The molecule has 0 unspecified atom stereocenters. The third kappa shape index (κ3) is 3.75. The molecule has 2 rings (SSSR count). The summed E-state index contributed by atoms with van der Waals surface area (Å²) in [6, 6.07) is 12.7. The van der Waals surface area contributed by atoms with E-state index in [2.05, 4.69) is 10.6 Å². The minimum atomic E-state index is -0.343. The summed E-state index contributed by atoms with van der Waals surface area (Å²) >= 11 is 0. The summed E-state index contributed by atoms with van der Waals surface area (Å²) < 4.78 is 0. The van der Waals surface area contributed by atoms with Gasteiger partial charge in [0.25, 0.3) is 0 Å². The highest BCUT2D eigenvalue weighted by atomic mass is 16.3. The molecule has 2 amide bonds. The number of aromatic hydroxyl groups is 1. The second kappa shape index (κ2) is 6.10. The third-order valence-corrected chi connectivity index (χ3v) is 2.98. The Morgan fingerprint density at radius 3 is 2.35 bits per heavy atom. The van der Waals surface area contributed by atoms with E-state index >= 15 is 0 Å². The molecule has 0 saturated carbocycles. The molecule has 2 aromatic rings. The molecule has 0 radical (unpaired) electrons. The Morgan fingerprint density at radius 1 is 1.05 bits per heavy atom. The number of nitrogens with one attached hydrogen (secondary N) is 2. The normalized spacial score (nSPS) is 10.1. The van der Waals surface area contributed by atoms with Crippen molar-refractivity contribution in [3.05, 3.63) is 59.2 Å². The predicted octanol–water partition coefficient (Wildman–Crippen LogP) is 3.33. The van der Waals surface area contributed by atoms with Crippen molar-refractivity contribution in [3.63, 3.8) is 0 Å². The van der Waals surface area contributed by atoms with Gasteiger partial charge in [0.05, 0.1) is 5.69 Å². The second-order valence-electron chi connectivity index (χ2n) is 4.81. The summed E-state index contributed by atoms with van der Waals surface area (Å²) in [6.07, 6.45) is 0. The maximum Gasteiger partial charge on any atom is 0.319 e. The fourth-order valence-corrected chi connectivity index (χ4v) is 1.80. The van der Waals surface area contributed by atoms with Crippen LogP contribution in [0.25, 0.3) is 0 Å². The van der Waals surface area contributed by atoms with E-state index in [0.29, 0.717) is 12.2 Å². The van der Waals surface area contributed by atoms with E-state index in [1.807, 2.05) is 44.2 Å². The summed E-state index contributed by atoms with van der Waals surface area (Å²) in [5, 5.41) is 15.1. The number of carbonyl (C=O) groups excluding carboxylic acids is 1. The standard InChI is InChI=1S/C16H18N2O2/c1-11-3-6-13(7-4-11)10-17-16(20)18-14-8-5-12(2)9-15(14)19/h3-9,19H,10H2,1-2H3,(H2,17,18,20). The van der Waals surface area contributed by atoms with Crippen LogP contribution in [-0.4, -0.2) is 11.1 Å². The van der Waals surface area contributed by atoms with Gasteiger partial charge >= 0.3 is 6.03 Å². The quantitative estimate of drug-likeness (QED) is 0.749. The van der Waals surface area contributed by atoms with E-state index < -0.39 is 0 Å². The molecule has 0 spiro atoms. The van der Waals surface area contributed by atoms with Crippen LogP contribution < -0.4 is 10.6 Å². The van der Waals surface area contributed by atoms with Crippen LogP contribution in [0.3, 0.4) is 0 Å². The molecule has 2 aromatic carbocycles. The maximum absolute atomic E-state index is 11.8. The molecular weight excluding hydrogens is 252 g/mol. The molecule has 3 N–H and O–H groups in total. The number of rotatable bonds is 3. The fraction of sp³-hybridized carbons (Fsp3) is 0.188. The lowest BCUT2D eigenvalue weighted by atomic mass is 10.1. The summed E-state index contributed by atoms with van der Waals surface area (Å²) in [4.78, 5) is 11.8. The number of amides is 2. The molecule has 0 aromatic heterocycles. The Labute approximate surface area is 118 Å². The smallest absolute Gasteiger partial charge is 0.319 e. The zero-order valence-corrected chi connectivity index (χ0v) is 11.6. The Kier molecular flexibility index (Phi) is 4.25. The highest BCUT2D eigenvalue weighted by molar-refractivity contribution is 5.90. The molecule has 0 atom stereocenters. The lowest BCUT2D eigenvalue weighted by molar-refractivity contribution is 0.251. The minimum absolute atomic E-state index is 0.0653. The molecule has 104 valence electrons. The number of urea groups is 1. The van der Waals surface area contributed by atoms with Gasteiger partial charge in [-0.05, 0) is 37.1 Å². The Bertz CT molecular complexity index is 606. The van der Waals surface area contributed by atoms with Crippen LogP contribution in [0.2, 0.25) is 0 Å². The van der Waals surface area contributed by atoms with E-state index in [1.54, 1.807) is 12.1 Å². The Hall–Kier alpha value is -2.49. The van der Waals surface area contributed by atoms with Gasteiger partial charge in [-0.2, -0.15) is 0 Å².